The summed E-state index contributed by atoms with van der Waals surface area (Å²) in [4.78, 5) is 4.03. The maximum absolute atomic E-state index is 5.81. The van der Waals surface area contributed by atoms with Gasteiger partial charge in [-0.15, -0.1) is 0 Å². The zero-order valence-corrected chi connectivity index (χ0v) is 13.0. The van der Waals surface area contributed by atoms with Gasteiger partial charge in [0.25, 0.3) is 0 Å². The van der Waals surface area contributed by atoms with Gasteiger partial charge in [-0.3, -0.25) is 0 Å². The number of rotatable bonds is 9. The second kappa shape index (κ2) is 8.47. The lowest BCUT2D eigenvalue weighted by molar-refractivity contribution is 0.301. The predicted octanol–water partition coefficient (Wildman–Crippen LogP) is 3.10. The van der Waals surface area contributed by atoms with Gasteiger partial charge in [0, 0.05) is 25.5 Å². The molecule has 2 rings (SSSR count). The highest BCUT2D eigenvalue weighted by molar-refractivity contribution is 5.28. The summed E-state index contributed by atoms with van der Waals surface area (Å²) in [7, 11) is 0. The van der Waals surface area contributed by atoms with Gasteiger partial charge in [0.2, 0.25) is 0 Å². The molecule has 0 saturated heterocycles. The van der Waals surface area contributed by atoms with Crippen molar-refractivity contribution in [2.24, 2.45) is 5.92 Å². The van der Waals surface area contributed by atoms with Crippen LogP contribution in [0.25, 0.3) is 0 Å². The van der Waals surface area contributed by atoms with Gasteiger partial charge in [0.15, 0.2) is 0 Å². The molecule has 0 fully saturated rings. The van der Waals surface area contributed by atoms with E-state index in [1.165, 1.54) is 5.56 Å². The molecule has 0 spiro atoms. The molecule has 1 heterocycles. The molecule has 0 aliphatic carbocycles. The summed E-state index contributed by atoms with van der Waals surface area (Å²) in [6, 6.07) is 8.32. The number of aryl methyl sites for hydroxylation is 1. The topological polar surface area (TPSA) is 39.1 Å². The van der Waals surface area contributed by atoms with Crippen molar-refractivity contribution >= 4 is 0 Å². The average molecular weight is 287 g/mol. The Morgan fingerprint density at radius 1 is 1.33 bits per heavy atom. The van der Waals surface area contributed by atoms with E-state index in [1.807, 2.05) is 18.6 Å². The van der Waals surface area contributed by atoms with Gasteiger partial charge in [-0.05, 0) is 36.6 Å². The Bertz CT molecular complexity index is 509. The van der Waals surface area contributed by atoms with Crippen molar-refractivity contribution in [1.82, 2.24) is 14.9 Å². The number of ether oxygens (including phenoxy) is 1. The van der Waals surface area contributed by atoms with Crippen LogP contribution in [-0.2, 0) is 13.1 Å². The fraction of sp³-hybridized carbons (Fsp3) is 0.471. The molecule has 0 bridgehead atoms. The van der Waals surface area contributed by atoms with Crippen LogP contribution < -0.4 is 10.1 Å². The highest BCUT2D eigenvalue weighted by Gasteiger charge is 1.99. The standard InChI is InChI=1S/C17H25N3O/c1-15(2)12-19-13-16-5-3-6-17(11-16)21-10-4-8-20-9-7-18-14-20/h3,5-7,9,11,14-15,19H,4,8,10,12-13H2,1-2H3. The lowest BCUT2D eigenvalue weighted by atomic mass is 10.2. The monoisotopic (exact) mass is 287 g/mol. The second-order valence-electron chi connectivity index (χ2n) is 5.67. The number of hydrogen-bond acceptors (Lipinski definition) is 3. The van der Waals surface area contributed by atoms with E-state index in [0.29, 0.717) is 5.92 Å². The summed E-state index contributed by atoms with van der Waals surface area (Å²) in [6.45, 7) is 8.02. The zero-order valence-electron chi connectivity index (χ0n) is 13.0. The van der Waals surface area contributed by atoms with Crippen LogP contribution in [0.15, 0.2) is 43.0 Å². The maximum Gasteiger partial charge on any atom is 0.119 e. The fourth-order valence-corrected chi connectivity index (χ4v) is 2.11. The van der Waals surface area contributed by atoms with Gasteiger partial charge >= 0.3 is 0 Å². The number of nitrogens with one attached hydrogen (secondary N) is 1. The van der Waals surface area contributed by atoms with Gasteiger partial charge in [0.05, 0.1) is 12.9 Å². The Labute approximate surface area is 127 Å². The first-order chi connectivity index (χ1) is 10.2. The van der Waals surface area contributed by atoms with Crippen LogP contribution in [0.3, 0.4) is 0 Å². The van der Waals surface area contributed by atoms with Crippen molar-refractivity contribution in [3.05, 3.63) is 48.5 Å². The Morgan fingerprint density at radius 3 is 3.00 bits per heavy atom. The summed E-state index contributed by atoms with van der Waals surface area (Å²) >= 11 is 0. The Hall–Kier alpha value is -1.81. The molecular formula is C17H25N3O. The van der Waals surface area contributed by atoms with Crippen molar-refractivity contribution in [3.8, 4) is 5.75 Å². The average Bonchev–Trinajstić information content (AvgIpc) is 2.97. The third kappa shape index (κ3) is 6.00. The van der Waals surface area contributed by atoms with Crippen molar-refractivity contribution < 1.29 is 4.74 Å². The fourth-order valence-electron chi connectivity index (χ4n) is 2.11. The van der Waals surface area contributed by atoms with Crippen LogP contribution in [-0.4, -0.2) is 22.7 Å². The Kier molecular flexibility index (Phi) is 6.28. The third-order valence-electron chi connectivity index (χ3n) is 3.17. The molecule has 114 valence electrons. The minimum absolute atomic E-state index is 0.674. The first kappa shape index (κ1) is 15.6. The SMILES string of the molecule is CC(C)CNCc1cccc(OCCCn2ccnc2)c1. The molecule has 0 aliphatic heterocycles. The van der Waals surface area contributed by atoms with Crippen LogP contribution in [0.1, 0.15) is 25.8 Å². The van der Waals surface area contributed by atoms with Gasteiger partial charge < -0.3 is 14.6 Å². The summed E-state index contributed by atoms with van der Waals surface area (Å²) in [5, 5.41) is 3.45. The van der Waals surface area contributed by atoms with Crippen LogP contribution in [0.4, 0.5) is 0 Å². The Morgan fingerprint density at radius 2 is 2.24 bits per heavy atom. The van der Waals surface area contributed by atoms with Crippen LogP contribution in [0.2, 0.25) is 0 Å². The van der Waals surface area contributed by atoms with Crippen molar-refractivity contribution in [1.29, 1.82) is 0 Å². The molecular weight excluding hydrogens is 262 g/mol. The quantitative estimate of drug-likeness (QED) is 0.720. The minimum Gasteiger partial charge on any atom is -0.494 e. The van der Waals surface area contributed by atoms with E-state index in [2.05, 4.69) is 46.9 Å². The lowest BCUT2D eigenvalue weighted by Crippen LogP contribution is -2.18. The highest BCUT2D eigenvalue weighted by atomic mass is 16.5. The van der Waals surface area contributed by atoms with Crippen LogP contribution >= 0.6 is 0 Å². The lowest BCUT2D eigenvalue weighted by Gasteiger charge is -2.10. The molecule has 0 saturated carbocycles. The van der Waals surface area contributed by atoms with Crippen molar-refractivity contribution in [2.75, 3.05) is 13.2 Å². The van der Waals surface area contributed by atoms with Gasteiger partial charge in [-0.2, -0.15) is 0 Å². The van der Waals surface area contributed by atoms with E-state index >= 15 is 0 Å². The van der Waals surface area contributed by atoms with E-state index in [4.69, 9.17) is 4.74 Å². The van der Waals surface area contributed by atoms with E-state index in [9.17, 15) is 0 Å². The first-order valence-corrected chi connectivity index (χ1v) is 7.62. The molecule has 1 aromatic carbocycles. The molecule has 0 unspecified atom stereocenters. The number of imidazole rings is 1. The molecule has 21 heavy (non-hydrogen) atoms. The number of hydrogen-bond donors (Lipinski definition) is 1. The predicted molar refractivity (Wildman–Crippen MR) is 85.3 cm³/mol. The van der Waals surface area contributed by atoms with Crippen LogP contribution in [0.5, 0.6) is 5.75 Å². The minimum atomic E-state index is 0.674. The number of nitrogens with zero attached hydrogens (tertiary/aromatic N) is 2. The highest BCUT2D eigenvalue weighted by Crippen LogP contribution is 2.13. The molecule has 0 radical (unpaired) electrons. The first-order valence-electron chi connectivity index (χ1n) is 7.62. The molecule has 4 heteroatoms. The van der Waals surface area contributed by atoms with Crippen molar-refractivity contribution in [2.45, 2.75) is 33.4 Å². The zero-order chi connectivity index (χ0) is 14.9. The molecule has 0 aliphatic rings. The molecule has 2 aromatic rings. The summed E-state index contributed by atoms with van der Waals surface area (Å²) in [5.41, 5.74) is 1.27. The van der Waals surface area contributed by atoms with Gasteiger partial charge in [-0.1, -0.05) is 26.0 Å². The molecule has 1 N–H and O–H groups in total. The van der Waals surface area contributed by atoms with Crippen molar-refractivity contribution in [3.63, 3.8) is 0 Å². The molecule has 0 amide bonds. The number of aromatic nitrogens is 2. The molecule has 1 aromatic heterocycles. The molecule has 0 atom stereocenters. The summed E-state index contributed by atoms with van der Waals surface area (Å²) in [5.74, 6) is 1.62. The van der Waals surface area contributed by atoms with E-state index in [-0.39, 0.29) is 0 Å². The van der Waals surface area contributed by atoms with E-state index in [0.717, 1.165) is 38.4 Å². The van der Waals surface area contributed by atoms with Crippen LogP contribution in [0, 0.1) is 5.92 Å². The second-order valence-corrected chi connectivity index (χ2v) is 5.67. The third-order valence-corrected chi connectivity index (χ3v) is 3.17. The smallest absolute Gasteiger partial charge is 0.119 e. The largest absolute Gasteiger partial charge is 0.494 e. The maximum atomic E-state index is 5.81. The Balaban J connectivity index is 1.70. The van der Waals surface area contributed by atoms with E-state index in [1.54, 1.807) is 6.20 Å². The van der Waals surface area contributed by atoms with Gasteiger partial charge in [-0.25, -0.2) is 4.98 Å². The van der Waals surface area contributed by atoms with Gasteiger partial charge in [0.1, 0.15) is 5.75 Å². The number of benzene rings is 1. The summed E-state index contributed by atoms with van der Waals surface area (Å²) in [6.07, 6.45) is 6.59. The van der Waals surface area contributed by atoms with E-state index < -0.39 is 0 Å². The molecule has 4 nitrogen and oxygen atoms in total. The normalized spacial score (nSPS) is 11.0. The summed E-state index contributed by atoms with van der Waals surface area (Å²) < 4.78 is 7.88.